The van der Waals surface area contributed by atoms with E-state index in [9.17, 15) is 8.78 Å². The molecule has 3 rings (SSSR count). The zero-order chi connectivity index (χ0) is 18.0. The average molecular weight is 345 g/mol. The number of halogens is 2. The Morgan fingerprint density at radius 1 is 1.16 bits per heavy atom. The molecule has 1 N–H and O–H groups in total. The minimum atomic E-state index is -0.602. The third-order valence-electron chi connectivity index (χ3n) is 5.13. The van der Waals surface area contributed by atoms with Crippen molar-refractivity contribution in [3.63, 3.8) is 0 Å². The summed E-state index contributed by atoms with van der Waals surface area (Å²) in [6, 6.07) is 5.73. The summed E-state index contributed by atoms with van der Waals surface area (Å²) < 4.78 is 28.3. The van der Waals surface area contributed by atoms with Gasteiger partial charge in [0.2, 0.25) is 0 Å². The molecule has 3 nitrogen and oxygen atoms in total. The van der Waals surface area contributed by atoms with Gasteiger partial charge in [0.15, 0.2) is 0 Å². The zero-order valence-corrected chi connectivity index (χ0v) is 15.0. The van der Waals surface area contributed by atoms with Crippen LogP contribution in [0.2, 0.25) is 0 Å². The largest absolute Gasteiger partial charge is 0.316 e. The van der Waals surface area contributed by atoms with Crippen molar-refractivity contribution < 1.29 is 8.78 Å². The number of rotatable bonds is 5. The average Bonchev–Trinajstić information content (AvgIpc) is 2.59. The van der Waals surface area contributed by atoms with Crippen LogP contribution in [-0.4, -0.2) is 23.3 Å². The highest BCUT2D eigenvalue weighted by atomic mass is 19.1. The fourth-order valence-electron chi connectivity index (χ4n) is 3.78. The van der Waals surface area contributed by atoms with E-state index < -0.39 is 11.6 Å². The lowest BCUT2D eigenvalue weighted by molar-refractivity contribution is 0.385. The molecule has 5 heteroatoms. The summed E-state index contributed by atoms with van der Waals surface area (Å²) in [5.41, 5.74) is 2.27. The summed E-state index contributed by atoms with van der Waals surface area (Å²) in [7, 11) is 0. The molecule has 0 amide bonds. The van der Waals surface area contributed by atoms with Crippen LogP contribution >= 0.6 is 0 Å². The molecule has 25 heavy (non-hydrogen) atoms. The van der Waals surface area contributed by atoms with Crippen molar-refractivity contribution in [2.24, 2.45) is 5.92 Å². The van der Waals surface area contributed by atoms with Crippen molar-refractivity contribution in [2.75, 3.05) is 13.1 Å². The van der Waals surface area contributed by atoms with E-state index in [0.29, 0.717) is 17.8 Å². The van der Waals surface area contributed by atoms with Gasteiger partial charge < -0.3 is 5.32 Å². The van der Waals surface area contributed by atoms with Crippen LogP contribution in [0, 0.1) is 17.6 Å². The first-order valence-corrected chi connectivity index (χ1v) is 9.05. The maximum Gasteiger partial charge on any atom is 0.135 e. The Labute approximate surface area is 147 Å². The van der Waals surface area contributed by atoms with Gasteiger partial charge in [0.1, 0.15) is 11.6 Å². The van der Waals surface area contributed by atoms with Crippen LogP contribution in [0.25, 0.3) is 11.3 Å². The lowest BCUT2D eigenvalue weighted by atomic mass is 9.74. The Kier molecular flexibility index (Phi) is 5.42. The molecule has 0 saturated carbocycles. The fourth-order valence-corrected chi connectivity index (χ4v) is 3.78. The highest BCUT2D eigenvalue weighted by Crippen LogP contribution is 2.42. The number of hydrogen-bond acceptors (Lipinski definition) is 3. The lowest BCUT2D eigenvalue weighted by Crippen LogP contribution is -2.28. The minimum absolute atomic E-state index is 0.0888. The van der Waals surface area contributed by atoms with Gasteiger partial charge in [-0.25, -0.2) is 8.78 Å². The molecule has 0 aliphatic heterocycles. The number of benzene rings is 1. The van der Waals surface area contributed by atoms with E-state index >= 15 is 0 Å². The highest BCUT2D eigenvalue weighted by molar-refractivity contribution is 5.61. The van der Waals surface area contributed by atoms with Crippen molar-refractivity contribution in [3.8, 4) is 11.3 Å². The second kappa shape index (κ2) is 7.56. The van der Waals surface area contributed by atoms with Gasteiger partial charge in [-0.15, -0.1) is 0 Å². The first kappa shape index (κ1) is 17.9. The summed E-state index contributed by atoms with van der Waals surface area (Å²) in [6.07, 6.45) is 2.12. The van der Waals surface area contributed by atoms with Crippen LogP contribution in [0.1, 0.15) is 56.7 Å². The van der Waals surface area contributed by atoms with E-state index in [1.54, 1.807) is 0 Å². The number of fused-ring (bicyclic) bond motifs is 1. The van der Waals surface area contributed by atoms with Crippen molar-refractivity contribution in [3.05, 3.63) is 47.2 Å². The van der Waals surface area contributed by atoms with Gasteiger partial charge in [-0.2, -0.15) is 10.2 Å². The smallest absolute Gasteiger partial charge is 0.135 e. The molecule has 1 aliphatic carbocycles. The molecule has 0 spiro atoms. The van der Waals surface area contributed by atoms with Crippen molar-refractivity contribution in [1.82, 2.24) is 15.5 Å². The first-order chi connectivity index (χ1) is 12.0. The predicted molar refractivity (Wildman–Crippen MR) is 95.5 cm³/mol. The standard InChI is InChI=1S/C20H25F2N3/c1-4-23-11-13-8-9-14(12(2)3)15-10-18(24-25-20(13)15)19-16(21)6-5-7-17(19)22/h5-7,10,12-14,23H,4,8-9,11H2,1-3H3. The van der Waals surface area contributed by atoms with Crippen LogP contribution in [-0.2, 0) is 0 Å². The summed E-state index contributed by atoms with van der Waals surface area (Å²) >= 11 is 0. The van der Waals surface area contributed by atoms with Crippen LogP contribution in [0.5, 0.6) is 0 Å². The van der Waals surface area contributed by atoms with Crippen molar-refractivity contribution in [1.29, 1.82) is 0 Å². The number of nitrogens with zero attached hydrogens (tertiary/aromatic N) is 2. The van der Waals surface area contributed by atoms with E-state index in [1.165, 1.54) is 18.2 Å². The van der Waals surface area contributed by atoms with Gasteiger partial charge >= 0.3 is 0 Å². The molecule has 1 aromatic carbocycles. The summed E-state index contributed by atoms with van der Waals surface area (Å²) in [5.74, 6) is -0.110. The molecular weight excluding hydrogens is 320 g/mol. The third-order valence-corrected chi connectivity index (χ3v) is 5.13. The summed E-state index contributed by atoms with van der Waals surface area (Å²) in [6.45, 7) is 8.21. The second-order valence-electron chi connectivity index (χ2n) is 7.10. The fraction of sp³-hybridized carbons (Fsp3) is 0.500. The van der Waals surface area contributed by atoms with Gasteiger partial charge in [0.25, 0.3) is 0 Å². The van der Waals surface area contributed by atoms with E-state index in [4.69, 9.17) is 0 Å². The van der Waals surface area contributed by atoms with Crippen LogP contribution in [0.15, 0.2) is 24.3 Å². The van der Waals surface area contributed by atoms with Crippen molar-refractivity contribution in [2.45, 2.75) is 45.4 Å². The van der Waals surface area contributed by atoms with Gasteiger partial charge in [-0.1, -0.05) is 26.8 Å². The molecule has 2 unspecified atom stereocenters. The van der Waals surface area contributed by atoms with Gasteiger partial charge in [-0.3, -0.25) is 0 Å². The number of nitrogens with one attached hydrogen (secondary N) is 1. The van der Waals surface area contributed by atoms with Crippen LogP contribution < -0.4 is 5.32 Å². The van der Waals surface area contributed by atoms with E-state index in [1.807, 2.05) is 6.07 Å². The Morgan fingerprint density at radius 2 is 1.88 bits per heavy atom. The molecular formula is C20H25F2N3. The number of likely N-dealkylation sites (N-methyl/N-ethyl adjacent to an activating group) is 1. The Balaban J connectivity index is 2.07. The summed E-state index contributed by atoms with van der Waals surface area (Å²) in [5, 5.41) is 12.0. The maximum atomic E-state index is 14.1. The third kappa shape index (κ3) is 3.56. The molecule has 0 fully saturated rings. The van der Waals surface area contributed by atoms with Gasteiger partial charge in [0, 0.05) is 12.5 Å². The van der Waals surface area contributed by atoms with Crippen molar-refractivity contribution >= 4 is 0 Å². The van der Waals surface area contributed by atoms with Crippen LogP contribution in [0.3, 0.4) is 0 Å². The first-order valence-electron chi connectivity index (χ1n) is 9.05. The molecule has 2 atom stereocenters. The predicted octanol–water partition coefficient (Wildman–Crippen LogP) is 4.65. The van der Waals surface area contributed by atoms with E-state index in [-0.39, 0.29) is 11.3 Å². The second-order valence-corrected chi connectivity index (χ2v) is 7.10. The molecule has 0 radical (unpaired) electrons. The Morgan fingerprint density at radius 3 is 2.52 bits per heavy atom. The zero-order valence-electron chi connectivity index (χ0n) is 15.0. The number of hydrogen-bond donors (Lipinski definition) is 1. The highest BCUT2D eigenvalue weighted by Gasteiger charge is 2.31. The minimum Gasteiger partial charge on any atom is -0.316 e. The van der Waals surface area contributed by atoms with Gasteiger partial charge in [-0.05, 0) is 55.0 Å². The number of aromatic nitrogens is 2. The van der Waals surface area contributed by atoms with E-state index in [0.717, 1.165) is 37.2 Å². The quantitative estimate of drug-likeness (QED) is 0.857. The van der Waals surface area contributed by atoms with E-state index in [2.05, 4.69) is 36.3 Å². The molecule has 134 valence electrons. The Hall–Kier alpha value is -1.88. The monoisotopic (exact) mass is 345 g/mol. The lowest BCUT2D eigenvalue weighted by Gasteiger charge is -2.32. The molecule has 1 aromatic heterocycles. The molecule has 1 aliphatic rings. The SMILES string of the molecule is CCNCC1CCC(C(C)C)c2cc(-c3c(F)cccc3F)nnc21. The Bertz CT molecular complexity index is 725. The molecule has 2 aromatic rings. The molecule has 0 bridgehead atoms. The molecule has 1 heterocycles. The normalized spacial score (nSPS) is 19.9. The maximum absolute atomic E-state index is 14.1. The topological polar surface area (TPSA) is 37.8 Å². The molecule has 0 saturated heterocycles. The summed E-state index contributed by atoms with van der Waals surface area (Å²) in [4.78, 5) is 0. The van der Waals surface area contributed by atoms with Crippen LogP contribution in [0.4, 0.5) is 8.78 Å². The van der Waals surface area contributed by atoms with Gasteiger partial charge in [0.05, 0.1) is 17.0 Å².